The Morgan fingerprint density at radius 3 is 2.38 bits per heavy atom. The second-order valence-corrected chi connectivity index (χ2v) is 7.01. The van der Waals surface area contributed by atoms with Gasteiger partial charge in [-0.05, 0) is 42.4 Å². The lowest BCUT2D eigenvalue weighted by Crippen LogP contribution is -2.37. The van der Waals surface area contributed by atoms with E-state index in [-0.39, 0.29) is 23.2 Å². The molecule has 0 saturated heterocycles. The molecular formula is C21H26FNO. The molecule has 0 saturated carbocycles. The van der Waals surface area contributed by atoms with Gasteiger partial charge in [0, 0.05) is 12.5 Å². The number of hydrogen-bond donors (Lipinski definition) is 1. The lowest BCUT2D eigenvalue weighted by Gasteiger charge is -2.29. The Morgan fingerprint density at radius 2 is 1.71 bits per heavy atom. The summed E-state index contributed by atoms with van der Waals surface area (Å²) < 4.78 is 13.6. The second-order valence-electron chi connectivity index (χ2n) is 7.01. The molecule has 128 valence electrons. The molecule has 2 aromatic carbocycles. The molecule has 24 heavy (non-hydrogen) atoms. The van der Waals surface area contributed by atoms with Crippen molar-refractivity contribution in [2.75, 3.05) is 0 Å². The molecule has 0 aliphatic heterocycles. The van der Waals surface area contributed by atoms with Gasteiger partial charge in [0.05, 0.1) is 0 Å². The highest BCUT2D eigenvalue weighted by atomic mass is 19.1. The summed E-state index contributed by atoms with van der Waals surface area (Å²) in [6.45, 7) is 6.39. The number of rotatable bonds is 7. The van der Waals surface area contributed by atoms with E-state index in [9.17, 15) is 9.18 Å². The maximum absolute atomic E-state index is 13.6. The first-order chi connectivity index (χ1) is 11.4. The Hall–Kier alpha value is -2.16. The van der Waals surface area contributed by atoms with Crippen LogP contribution in [0.25, 0.3) is 0 Å². The summed E-state index contributed by atoms with van der Waals surface area (Å²) in [6, 6.07) is 17.0. The van der Waals surface area contributed by atoms with Crippen LogP contribution in [0.5, 0.6) is 0 Å². The van der Waals surface area contributed by atoms with Gasteiger partial charge < -0.3 is 5.32 Å². The normalized spacial score (nSPS) is 12.7. The zero-order valence-electron chi connectivity index (χ0n) is 14.7. The van der Waals surface area contributed by atoms with Crippen LogP contribution in [-0.2, 0) is 16.6 Å². The van der Waals surface area contributed by atoms with Crippen LogP contribution < -0.4 is 5.32 Å². The first-order valence-corrected chi connectivity index (χ1v) is 8.47. The largest absolute Gasteiger partial charge is 0.354 e. The van der Waals surface area contributed by atoms with E-state index in [1.807, 2.05) is 25.1 Å². The summed E-state index contributed by atoms with van der Waals surface area (Å²) >= 11 is 0. The molecular weight excluding hydrogens is 301 g/mol. The number of carbonyl (C=O) groups excluding carboxylic acids is 1. The molecule has 1 unspecified atom stereocenters. The van der Waals surface area contributed by atoms with Gasteiger partial charge in [0.25, 0.3) is 0 Å². The topological polar surface area (TPSA) is 29.1 Å². The Labute approximate surface area is 144 Å². The Balaban J connectivity index is 1.84. The number of nitrogens with one attached hydrogen (secondary N) is 1. The number of halogens is 1. The van der Waals surface area contributed by atoms with Crippen LogP contribution in [0.15, 0.2) is 54.6 Å². The summed E-state index contributed by atoms with van der Waals surface area (Å²) in [5.74, 6) is -0.279. The molecule has 2 aromatic rings. The molecule has 2 nitrogen and oxygen atoms in total. The molecule has 1 N–H and O–H groups in total. The molecule has 2 rings (SSSR count). The van der Waals surface area contributed by atoms with Crippen molar-refractivity contribution in [3.05, 3.63) is 71.5 Å². The lowest BCUT2D eigenvalue weighted by molar-refractivity contribution is -0.121. The zero-order chi connectivity index (χ0) is 17.6. The summed E-state index contributed by atoms with van der Waals surface area (Å²) in [4.78, 5) is 12.1. The van der Waals surface area contributed by atoms with Crippen LogP contribution in [0, 0.1) is 5.82 Å². The molecule has 1 atom stereocenters. The van der Waals surface area contributed by atoms with Crippen molar-refractivity contribution >= 4 is 5.91 Å². The highest BCUT2D eigenvalue weighted by Crippen LogP contribution is 2.28. The van der Waals surface area contributed by atoms with Crippen molar-refractivity contribution < 1.29 is 9.18 Å². The summed E-state index contributed by atoms with van der Waals surface area (Å²) in [7, 11) is 0. The third kappa shape index (κ3) is 5.19. The van der Waals surface area contributed by atoms with E-state index in [1.54, 1.807) is 18.2 Å². The standard InChI is InChI=1S/C21H26FNO/c1-16(15-21(2,3)18-10-5-4-6-11-18)23-20(24)14-13-17-9-7-8-12-19(17)22/h4-12,16H,13-15H2,1-3H3,(H,23,24). The average molecular weight is 327 g/mol. The van der Waals surface area contributed by atoms with E-state index in [1.165, 1.54) is 11.6 Å². The van der Waals surface area contributed by atoms with Gasteiger partial charge in [-0.15, -0.1) is 0 Å². The maximum atomic E-state index is 13.6. The number of amides is 1. The molecule has 3 heteroatoms. The molecule has 0 bridgehead atoms. The zero-order valence-corrected chi connectivity index (χ0v) is 14.7. The molecule has 0 spiro atoms. The minimum absolute atomic E-state index is 0.0144. The van der Waals surface area contributed by atoms with Crippen LogP contribution in [-0.4, -0.2) is 11.9 Å². The minimum Gasteiger partial charge on any atom is -0.354 e. The van der Waals surface area contributed by atoms with Crippen molar-refractivity contribution in [3.63, 3.8) is 0 Å². The fraction of sp³-hybridized carbons (Fsp3) is 0.381. The van der Waals surface area contributed by atoms with E-state index < -0.39 is 0 Å². The van der Waals surface area contributed by atoms with Gasteiger partial charge in [-0.25, -0.2) is 4.39 Å². The summed E-state index contributed by atoms with van der Waals surface area (Å²) in [6.07, 6.45) is 1.58. The van der Waals surface area contributed by atoms with Crippen molar-refractivity contribution in [2.45, 2.75) is 51.5 Å². The monoisotopic (exact) mass is 327 g/mol. The second kappa shape index (κ2) is 8.09. The Bertz CT molecular complexity index is 667. The van der Waals surface area contributed by atoms with Gasteiger partial charge in [-0.3, -0.25) is 4.79 Å². The molecule has 0 aliphatic rings. The molecule has 0 fully saturated rings. The fourth-order valence-corrected chi connectivity index (χ4v) is 3.12. The lowest BCUT2D eigenvalue weighted by atomic mass is 9.79. The van der Waals surface area contributed by atoms with Gasteiger partial charge >= 0.3 is 0 Å². The maximum Gasteiger partial charge on any atom is 0.220 e. The Morgan fingerprint density at radius 1 is 1.08 bits per heavy atom. The van der Waals surface area contributed by atoms with E-state index in [2.05, 4.69) is 31.3 Å². The van der Waals surface area contributed by atoms with E-state index >= 15 is 0 Å². The molecule has 0 heterocycles. The predicted molar refractivity (Wildman–Crippen MR) is 96.4 cm³/mol. The Kier molecular flexibility index (Phi) is 6.13. The quantitative estimate of drug-likeness (QED) is 0.789. The first kappa shape index (κ1) is 18.2. The minimum atomic E-state index is -0.247. The predicted octanol–water partition coefficient (Wildman–Crippen LogP) is 4.63. The highest BCUT2D eigenvalue weighted by Gasteiger charge is 2.23. The number of benzene rings is 2. The van der Waals surface area contributed by atoms with Gasteiger partial charge in [0.15, 0.2) is 0 Å². The van der Waals surface area contributed by atoms with E-state index in [0.29, 0.717) is 18.4 Å². The molecule has 0 aliphatic carbocycles. The molecule has 0 radical (unpaired) electrons. The highest BCUT2D eigenvalue weighted by molar-refractivity contribution is 5.76. The smallest absolute Gasteiger partial charge is 0.220 e. The summed E-state index contributed by atoms with van der Waals surface area (Å²) in [5, 5.41) is 3.03. The third-order valence-corrected chi connectivity index (χ3v) is 4.36. The van der Waals surface area contributed by atoms with Crippen molar-refractivity contribution in [1.29, 1.82) is 0 Å². The van der Waals surface area contributed by atoms with Crippen molar-refractivity contribution in [2.24, 2.45) is 0 Å². The van der Waals surface area contributed by atoms with Crippen LogP contribution >= 0.6 is 0 Å². The van der Waals surface area contributed by atoms with Gasteiger partial charge in [-0.1, -0.05) is 62.4 Å². The first-order valence-electron chi connectivity index (χ1n) is 8.47. The van der Waals surface area contributed by atoms with Crippen molar-refractivity contribution in [3.8, 4) is 0 Å². The molecule has 0 aromatic heterocycles. The van der Waals surface area contributed by atoms with Crippen LogP contribution in [0.1, 0.15) is 44.7 Å². The van der Waals surface area contributed by atoms with Gasteiger partial charge in [0.1, 0.15) is 5.82 Å². The number of aryl methyl sites for hydroxylation is 1. The van der Waals surface area contributed by atoms with Crippen molar-refractivity contribution in [1.82, 2.24) is 5.32 Å². The molecule has 1 amide bonds. The van der Waals surface area contributed by atoms with E-state index in [4.69, 9.17) is 0 Å². The average Bonchev–Trinajstić information content (AvgIpc) is 2.54. The summed E-state index contributed by atoms with van der Waals surface area (Å²) in [5.41, 5.74) is 1.84. The SMILES string of the molecule is CC(CC(C)(C)c1ccccc1)NC(=O)CCc1ccccc1F. The van der Waals surface area contributed by atoms with Crippen LogP contribution in [0.3, 0.4) is 0 Å². The van der Waals surface area contributed by atoms with Crippen LogP contribution in [0.4, 0.5) is 4.39 Å². The van der Waals surface area contributed by atoms with Gasteiger partial charge in [0.2, 0.25) is 5.91 Å². The number of carbonyl (C=O) groups is 1. The third-order valence-electron chi connectivity index (χ3n) is 4.36. The van der Waals surface area contributed by atoms with E-state index in [0.717, 1.165) is 6.42 Å². The van der Waals surface area contributed by atoms with Gasteiger partial charge in [-0.2, -0.15) is 0 Å². The number of hydrogen-bond acceptors (Lipinski definition) is 1. The fourth-order valence-electron chi connectivity index (χ4n) is 3.12. The van der Waals surface area contributed by atoms with Crippen LogP contribution in [0.2, 0.25) is 0 Å².